The van der Waals surface area contributed by atoms with Gasteiger partial charge in [-0.3, -0.25) is 14.4 Å². The van der Waals surface area contributed by atoms with E-state index in [4.69, 9.17) is 4.42 Å². The molecule has 2 unspecified atom stereocenters. The Kier molecular flexibility index (Phi) is 4.76. The van der Waals surface area contributed by atoms with Gasteiger partial charge in [-0.25, -0.2) is 0 Å². The van der Waals surface area contributed by atoms with Crippen molar-refractivity contribution < 1.29 is 19.1 Å². The topological polar surface area (TPSA) is 91.1 Å². The van der Waals surface area contributed by atoms with Gasteiger partial charge >= 0.3 is 0 Å². The molecule has 3 heterocycles. The van der Waals surface area contributed by atoms with Crippen LogP contribution in [-0.4, -0.2) is 41.0 Å². The zero-order valence-electron chi connectivity index (χ0n) is 17.6. The Bertz CT molecular complexity index is 1350. The van der Waals surface area contributed by atoms with Crippen molar-refractivity contribution in [2.45, 2.75) is 31.9 Å². The zero-order chi connectivity index (χ0) is 22.8. The monoisotopic (exact) mass is 496 g/mol. The molecule has 7 nitrogen and oxygen atoms in total. The van der Waals surface area contributed by atoms with E-state index in [9.17, 15) is 19.5 Å². The van der Waals surface area contributed by atoms with E-state index in [-0.39, 0.29) is 34.7 Å². The van der Waals surface area contributed by atoms with Crippen molar-refractivity contribution >= 4 is 44.4 Å². The van der Waals surface area contributed by atoms with Gasteiger partial charge in [-0.15, -0.1) is 0 Å². The quantitative estimate of drug-likeness (QED) is 0.597. The minimum absolute atomic E-state index is 0.0183. The van der Waals surface area contributed by atoms with Crippen LogP contribution in [0.2, 0.25) is 0 Å². The number of amides is 2. The first-order chi connectivity index (χ1) is 15.3. The Morgan fingerprint density at radius 2 is 1.91 bits per heavy atom. The van der Waals surface area contributed by atoms with Crippen LogP contribution in [0.25, 0.3) is 11.0 Å². The first kappa shape index (κ1) is 20.9. The molecule has 0 fully saturated rings. The number of aliphatic hydroxyl groups is 1. The van der Waals surface area contributed by atoms with Crippen molar-refractivity contribution in [1.29, 1.82) is 0 Å². The van der Waals surface area contributed by atoms with Gasteiger partial charge in [0.25, 0.3) is 11.8 Å². The van der Waals surface area contributed by atoms with Crippen LogP contribution in [0, 0.1) is 0 Å². The third-order valence-corrected chi connectivity index (χ3v) is 6.59. The van der Waals surface area contributed by atoms with Crippen LogP contribution in [-0.2, 0) is 10.3 Å². The number of aliphatic hydroxyl groups excluding tert-OH is 1. The summed E-state index contributed by atoms with van der Waals surface area (Å²) < 4.78 is 6.63. The van der Waals surface area contributed by atoms with E-state index < -0.39 is 23.0 Å². The van der Waals surface area contributed by atoms with E-state index in [0.717, 1.165) is 0 Å². The van der Waals surface area contributed by atoms with Gasteiger partial charge in [0.05, 0.1) is 22.7 Å². The number of halogens is 1. The van der Waals surface area contributed by atoms with E-state index >= 15 is 0 Å². The largest absolute Gasteiger partial charge is 0.450 e. The Morgan fingerprint density at radius 3 is 2.62 bits per heavy atom. The lowest BCUT2D eigenvalue weighted by atomic mass is 9.84. The molecule has 2 aliphatic heterocycles. The number of rotatable bonds is 4. The second-order valence-electron chi connectivity index (χ2n) is 8.22. The van der Waals surface area contributed by atoms with Crippen molar-refractivity contribution in [2.75, 3.05) is 18.0 Å². The first-order valence-corrected chi connectivity index (χ1v) is 11.3. The number of para-hydroxylation sites is 1. The molecule has 2 aliphatic rings. The van der Waals surface area contributed by atoms with E-state index in [0.29, 0.717) is 28.7 Å². The molecule has 0 bridgehead atoms. The third-order valence-electron chi connectivity index (χ3n) is 6.09. The number of nitrogens with zero attached hydrogens (tertiary/aromatic N) is 2. The van der Waals surface area contributed by atoms with Gasteiger partial charge in [-0.2, -0.15) is 0 Å². The maximum atomic E-state index is 14.1. The number of anilines is 1. The highest BCUT2D eigenvalue weighted by Gasteiger charge is 2.64. The zero-order valence-corrected chi connectivity index (χ0v) is 19.2. The second-order valence-corrected chi connectivity index (χ2v) is 9.14. The average molecular weight is 497 g/mol. The predicted octanol–water partition coefficient (Wildman–Crippen LogP) is 3.39. The van der Waals surface area contributed by atoms with Gasteiger partial charge in [0.15, 0.2) is 11.0 Å². The molecule has 5 rings (SSSR count). The average Bonchev–Trinajstić information content (AvgIpc) is 3.15. The van der Waals surface area contributed by atoms with Crippen LogP contribution in [0.3, 0.4) is 0 Å². The predicted molar refractivity (Wildman–Crippen MR) is 123 cm³/mol. The molecule has 0 radical (unpaired) electrons. The van der Waals surface area contributed by atoms with Crippen LogP contribution in [0.5, 0.6) is 0 Å². The Hall–Kier alpha value is -2.97. The van der Waals surface area contributed by atoms with Gasteiger partial charge in [0, 0.05) is 23.1 Å². The SMILES string of the molecule is CCCN1C(=O)C2(c3ccccc31)c1c(oc3ccc(Br)cc3c1=O)C(=O)N2CC(C)O. The lowest BCUT2D eigenvalue weighted by molar-refractivity contribution is -0.126. The number of β-amino-alcohol motifs (C(OH)–C–C–N with tert-alkyl or cyclic N) is 1. The minimum Gasteiger partial charge on any atom is -0.450 e. The van der Waals surface area contributed by atoms with Gasteiger partial charge in [-0.1, -0.05) is 41.1 Å². The number of carbonyl (C=O) groups excluding carboxylic acids is 2. The fourth-order valence-corrected chi connectivity index (χ4v) is 5.28. The van der Waals surface area contributed by atoms with Crippen LogP contribution < -0.4 is 10.3 Å². The molecule has 1 N–H and O–H groups in total. The maximum absolute atomic E-state index is 14.1. The molecule has 2 amide bonds. The van der Waals surface area contributed by atoms with Crippen molar-refractivity contribution in [3.05, 3.63) is 74.0 Å². The molecule has 164 valence electrons. The van der Waals surface area contributed by atoms with E-state index in [1.54, 1.807) is 42.2 Å². The summed E-state index contributed by atoms with van der Waals surface area (Å²) in [4.78, 5) is 44.4. The summed E-state index contributed by atoms with van der Waals surface area (Å²) in [5.41, 5.74) is -0.609. The molecule has 1 aromatic heterocycles. The number of benzene rings is 2. The van der Waals surface area contributed by atoms with Gasteiger partial charge in [0.1, 0.15) is 5.58 Å². The molecule has 2 aromatic carbocycles. The standard InChI is InChI=1S/C24H21BrN2O5/c1-3-10-26-17-7-5-4-6-16(17)24(23(26)31)19-20(29)15-11-14(25)8-9-18(15)32-21(19)22(30)27(24)12-13(2)28/h4-9,11,13,28H,3,10,12H2,1-2H3. The first-order valence-electron chi connectivity index (χ1n) is 10.5. The summed E-state index contributed by atoms with van der Waals surface area (Å²) in [6.45, 7) is 3.82. The summed E-state index contributed by atoms with van der Waals surface area (Å²) in [6, 6.07) is 12.2. The van der Waals surface area contributed by atoms with Gasteiger partial charge in [0.2, 0.25) is 5.76 Å². The normalized spacial score (nSPS) is 20.4. The molecule has 0 aliphatic carbocycles. The number of carbonyl (C=O) groups is 2. The Morgan fingerprint density at radius 1 is 1.16 bits per heavy atom. The van der Waals surface area contributed by atoms with Crippen LogP contribution >= 0.6 is 15.9 Å². The fourth-order valence-electron chi connectivity index (χ4n) is 4.92. The highest BCUT2D eigenvalue weighted by atomic mass is 79.9. The molecule has 8 heteroatoms. The fraction of sp³-hybridized carbons (Fsp3) is 0.292. The summed E-state index contributed by atoms with van der Waals surface area (Å²) in [7, 11) is 0. The van der Waals surface area contributed by atoms with E-state index in [1.165, 1.54) is 4.90 Å². The molecule has 3 aromatic rings. The smallest absolute Gasteiger partial charge is 0.291 e. The van der Waals surface area contributed by atoms with Crippen molar-refractivity contribution in [3.8, 4) is 0 Å². The minimum atomic E-state index is -1.67. The third kappa shape index (κ3) is 2.59. The number of hydrogen-bond donors (Lipinski definition) is 1. The van der Waals surface area contributed by atoms with E-state index in [2.05, 4.69) is 15.9 Å². The second kappa shape index (κ2) is 7.28. The molecular weight excluding hydrogens is 476 g/mol. The molecular formula is C24H21BrN2O5. The van der Waals surface area contributed by atoms with Crippen LogP contribution in [0.1, 0.15) is 41.9 Å². The van der Waals surface area contributed by atoms with Gasteiger partial charge < -0.3 is 19.3 Å². The lowest BCUT2D eigenvalue weighted by Gasteiger charge is -2.35. The number of hydrogen-bond acceptors (Lipinski definition) is 5. The van der Waals surface area contributed by atoms with Crippen molar-refractivity contribution in [3.63, 3.8) is 0 Å². The Labute approximate surface area is 192 Å². The summed E-state index contributed by atoms with van der Waals surface area (Å²) >= 11 is 3.38. The molecule has 1 spiro atoms. The summed E-state index contributed by atoms with van der Waals surface area (Å²) in [5.74, 6) is -1.11. The van der Waals surface area contributed by atoms with E-state index in [1.807, 2.05) is 19.1 Å². The van der Waals surface area contributed by atoms with Crippen molar-refractivity contribution in [2.24, 2.45) is 0 Å². The lowest BCUT2D eigenvalue weighted by Crippen LogP contribution is -2.55. The number of fused-ring (bicyclic) bond motifs is 5. The van der Waals surface area contributed by atoms with Crippen LogP contribution in [0.4, 0.5) is 5.69 Å². The molecule has 0 saturated carbocycles. The Balaban J connectivity index is 1.92. The highest BCUT2D eigenvalue weighted by Crippen LogP contribution is 2.52. The molecule has 32 heavy (non-hydrogen) atoms. The van der Waals surface area contributed by atoms with Gasteiger partial charge in [-0.05, 0) is 37.6 Å². The van der Waals surface area contributed by atoms with Crippen molar-refractivity contribution in [1.82, 2.24) is 4.90 Å². The summed E-state index contributed by atoms with van der Waals surface area (Å²) in [5, 5.41) is 10.5. The maximum Gasteiger partial charge on any atom is 0.291 e. The van der Waals surface area contributed by atoms with Crippen LogP contribution in [0.15, 0.2) is 56.1 Å². The summed E-state index contributed by atoms with van der Waals surface area (Å²) in [6.07, 6.45) is -0.212. The highest BCUT2D eigenvalue weighted by molar-refractivity contribution is 9.10. The molecule has 2 atom stereocenters. The molecule has 0 saturated heterocycles.